The molecule has 27 heavy (non-hydrogen) atoms. The van der Waals surface area contributed by atoms with Crippen molar-refractivity contribution >= 4 is 62.1 Å². The lowest BCUT2D eigenvalue weighted by atomic mass is 10.3. The summed E-state index contributed by atoms with van der Waals surface area (Å²) in [4.78, 5) is 0.495. The van der Waals surface area contributed by atoms with Crippen molar-refractivity contribution in [2.75, 3.05) is 24.7 Å². The van der Waals surface area contributed by atoms with Gasteiger partial charge in [0.05, 0.1) is 15.6 Å². The molecule has 0 atom stereocenters. The molecular formula is C16H16ClF2N3O2S3. The van der Waals surface area contributed by atoms with Crippen LogP contribution in [0, 0.1) is 0 Å². The Labute approximate surface area is 171 Å². The molecule has 146 valence electrons. The minimum absolute atomic E-state index is 0.0653. The van der Waals surface area contributed by atoms with Crippen LogP contribution in [0.1, 0.15) is 0 Å². The Balaban J connectivity index is 2.11. The van der Waals surface area contributed by atoms with Crippen LogP contribution in [0.2, 0.25) is 5.02 Å². The quantitative estimate of drug-likeness (QED) is 0.489. The number of hydrogen-bond acceptors (Lipinski definition) is 4. The molecule has 2 rings (SSSR count). The molecule has 0 unspecified atom stereocenters. The van der Waals surface area contributed by atoms with E-state index in [9.17, 15) is 17.2 Å². The van der Waals surface area contributed by atoms with Gasteiger partial charge in [-0.3, -0.25) is 0 Å². The number of anilines is 2. The van der Waals surface area contributed by atoms with E-state index in [1.807, 2.05) is 0 Å². The number of nitrogens with one attached hydrogen (secondary N) is 2. The standard InChI is InChI=1S/C16H16ClF2N3O2S3/c1-22(2)27(23,24)12-7-8-13(17)14(9-12)21-16(25)20-10-3-5-11(6-4-10)26-15(18)19/h3-9,15H,1-2H3,(H2,20,21,25). The van der Waals surface area contributed by atoms with Gasteiger partial charge in [0.25, 0.3) is 5.76 Å². The summed E-state index contributed by atoms with van der Waals surface area (Å²) in [6.07, 6.45) is 0. The van der Waals surface area contributed by atoms with Gasteiger partial charge in [-0.2, -0.15) is 8.78 Å². The Kier molecular flexibility index (Phi) is 7.40. The summed E-state index contributed by atoms with van der Waals surface area (Å²) in [5.41, 5.74) is 0.904. The average molecular weight is 452 g/mol. The smallest absolute Gasteiger partial charge is 0.288 e. The third-order valence-corrected chi connectivity index (χ3v) is 6.37. The van der Waals surface area contributed by atoms with Gasteiger partial charge in [0.1, 0.15) is 0 Å². The van der Waals surface area contributed by atoms with Crippen LogP contribution in [0.15, 0.2) is 52.3 Å². The lowest BCUT2D eigenvalue weighted by molar-refractivity contribution is 0.252. The highest BCUT2D eigenvalue weighted by atomic mass is 35.5. The molecular weight excluding hydrogens is 436 g/mol. The topological polar surface area (TPSA) is 61.4 Å². The molecule has 0 aliphatic heterocycles. The molecule has 0 saturated heterocycles. The fourth-order valence-electron chi connectivity index (χ4n) is 1.98. The highest BCUT2D eigenvalue weighted by Gasteiger charge is 2.18. The summed E-state index contributed by atoms with van der Waals surface area (Å²) < 4.78 is 50.2. The predicted octanol–water partition coefficient (Wildman–Crippen LogP) is 4.71. The van der Waals surface area contributed by atoms with Crippen LogP contribution in [0.3, 0.4) is 0 Å². The zero-order chi connectivity index (χ0) is 20.2. The maximum atomic E-state index is 12.3. The number of thioether (sulfide) groups is 1. The number of halogens is 3. The second-order valence-electron chi connectivity index (χ2n) is 5.41. The molecule has 0 saturated carbocycles. The van der Waals surface area contributed by atoms with Crippen molar-refractivity contribution in [2.45, 2.75) is 15.5 Å². The van der Waals surface area contributed by atoms with E-state index in [1.165, 1.54) is 32.3 Å². The van der Waals surface area contributed by atoms with Crippen molar-refractivity contribution in [3.63, 3.8) is 0 Å². The van der Waals surface area contributed by atoms with E-state index in [0.717, 1.165) is 4.31 Å². The normalized spacial score (nSPS) is 11.7. The molecule has 0 aliphatic carbocycles. The van der Waals surface area contributed by atoms with E-state index in [0.29, 0.717) is 33.1 Å². The number of sulfonamides is 1. The molecule has 0 spiro atoms. The second kappa shape index (κ2) is 9.16. The number of benzene rings is 2. The zero-order valence-corrected chi connectivity index (χ0v) is 17.4. The van der Waals surface area contributed by atoms with Crippen molar-refractivity contribution < 1.29 is 17.2 Å². The van der Waals surface area contributed by atoms with E-state index < -0.39 is 15.8 Å². The fourth-order valence-corrected chi connectivity index (χ4v) is 3.80. The number of alkyl halides is 2. The van der Waals surface area contributed by atoms with Crippen LogP contribution in [0.5, 0.6) is 0 Å². The van der Waals surface area contributed by atoms with Crippen molar-refractivity contribution in [1.82, 2.24) is 4.31 Å². The molecule has 0 aromatic heterocycles. The van der Waals surface area contributed by atoms with Crippen LogP contribution in [-0.2, 0) is 10.0 Å². The SMILES string of the molecule is CN(C)S(=O)(=O)c1ccc(Cl)c(NC(=S)Nc2ccc(SC(F)F)cc2)c1. The van der Waals surface area contributed by atoms with E-state index in [1.54, 1.807) is 24.3 Å². The molecule has 2 N–H and O–H groups in total. The fraction of sp³-hybridized carbons (Fsp3) is 0.188. The first-order valence-electron chi connectivity index (χ1n) is 7.44. The Morgan fingerprint density at radius 3 is 2.33 bits per heavy atom. The summed E-state index contributed by atoms with van der Waals surface area (Å²) >= 11 is 11.8. The summed E-state index contributed by atoms with van der Waals surface area (Å²) in [5, 5.41) is 6.19. The minimum atomic E-state index is -3.62. The molecule has 0 fully saturated rings. The van der Waals surface area contributed by atoms with Gasteiger partial charge in [-0.1, -0.05) is 23.4 Å². The van der Waals surface area contributed by atoms with Gasteiger partial charge >= 0.3 is 0 Å². The molecule has 2 aromatic rings. The van der Waals surface area contributed by atoms with Crippen LogP contribution >= 0.6 is 35.6 Å². The lowest BCUT2D eigenvalue weighted by Crippen LogP contribution is -2.23. The van der Waals surface area contributed by atoms with Crippen LogP contribution < -0.4 is 10.6 Å². The summed E-state index contributed by atoms with van der Waals surface area (Å²) in [7, 11) is -0.759. The maximum absolute atomic E-state index is 12.3. The van der Waals surface area contributed by atoms with Crippen LogP contribution in [0.25, 0.3) is 0 Å². The highest BCUT2D eigenvalue weighted by Crippen LogP contribution is 2.28. The molecule has 0 radical (unpaired) electrons. The number of rotatable bonds is 6. The van der Waals surface area contributed by atoms with E-state index >= 15 is 0 Å². The third-order valence-electron chi connectivity index (χ3n) is 3.30. The molecule has 0 amide bonds. The van der Waals surface area contributed by atoms with Gasteiger partial charge in [0.15, 0.2) is 5.11 Å². The Hall–Kier alpha value is -1.46. The molecule has 11 heteroatoms. The van der Waals surface area contributed by atoms with Crippen molar-refractivity contribution in [2.24, 2.45) is 0 Å². The van der Waals surface area contributed by atoms with Gasteiger partial charge in [-0.05, 0) is 54.7 Å². The largest absolute Gasteiger partial charge is 0.332 e. The lowest BCUT2D eigenvalue weighted by Gasteiger charge is -2.15. The first kappa shape index (κ1) is 21.8. The van der Waals surface area contributed by atoms with Gasteiger partial charge in [-0.25, -0.2) is 12.7 Å². The molecule has 0 heterocycles. The van der Waals surface area contributed by atoms with Crippen molar-refractivity contribution in [1.29, 1.82) is 0 Å². The monoisotopic (exact) mass is 451 g/mol. The Morgan fingerprint density at radius 2 is 1.78 bits per heavy atom. The highest BCUT2D eigenvalue weighted by molar-refractivity contribution is 7.99. The molecule has 2 aromatic carbocycles. The Bertz CT molecular complexity index is 923. The zero-order valence-electron chi connectivity index (χ0n) is 14.2. The van der Waals surface area contributed by atoms with Crippen LogP contribution in [0.4, 0.5) is 20.2 Å². The first-order valence-corrected chi connectivity index (χ1v) is 10.5. The number of hydrogen-bond donors (Lipinski definition) is 2. The van der Waals surface area contributed by atoms with Crippen molar-refractivity contribution in [3.8, 4) is 0 Å². The minimum Gasteiger partial charge on any atom is -0.332 e. The molecule has 5 nitrogen and oxygen atoms in total. The predicted molar refractivity (Wildman–Crippen MR) is 110 cm³/mol. The number of nitrogens with zero attached hydrogens (tertiary/aromatic N) is 1. The van der Waals surface area contributed by atoms with Crippen LogP contribution in [-0.4, -0.2) is 37.7 Å². The van der Waals surface area contributed by atoms with Gasteiger partial charge in [0, 0.05) is 24.7 Å². The van der Waals surface area contributed by atoms with Gasteiger partial charge < -0.3 is 10.6 Å². The summed E-state index contributed by atoms with van der Waals surface area (Å²) in [5.74, 6) is -2.49. The van der Waals surface area contributed by atoms with Crippen molar-refractivity contribution in [3.05, 3.63) is 47.5 Å². The maximum Gasteiger partial charge on any atom is 0.288 e. The summed E-state index contributed by atoms with van der Waals surface area (Å²) in [6, 6.07) is 10.5. The third kappa shape index (κ3) is 6.01. The first-order chi connectivity index (χ1) is 12.6. The van der Waals surface area contributed by atoms with E-state index in [4.69, 9.17) is 23.8 Å². The Morgan fingerprint density at radius 1 is 1.15 bits per heavy atom. The van der Waals surface area contributed by atoms with Gasteiger partial charge in [-0.15, -0.1) is 0 Å². The number of thiocarbonyl (C=S) groups is 1. The molecule has 0 aliphatic rings. The summed E-state index contributed by atoms with van der Waals surface area (Å²) in [6.45, 7) is 0. The van der Waals surface area contributed by atoms with E-state index in [-0.39, 0.29) is 10.0 Å². The van der Waals surface area contributed by atoms with Gasteiger partial charge in [0.2, 0.25) is 10.0 Å². The van der Waals surface area contributed by atoms with E-state index in [2.05, 4.69) is 10.6 Å². The average Bonchev–Trinajstić information content (AvgIpc) is 2.57. The second-order valence-corrected chi connectivity index (χ2v) is 9.44. The molecule has 0 bridgehead atoms.